The lowest BCUT2D eigenvalue weighted by Crippen LogP contribution is -2.52. The van der Waals surface area contributed by atoms with Crippen LogP contribution < -0.4 is 10.9 Å². The average Bonchev–Trinajstić information content (AvgIpc) is 2.85. The first-order chi connectivity index (χ1) is 17.2. The number of aromatic nitrogens is 1. The summed E-state index contributed by atoms with van der Waals surface area (Å²) in [4.78, 5) is 43.4. The van der Waals surface area contributed by atoms with Crippen LogP contribution in [0.5, 0.6) is 0 Å². The molecule has 9 heteroatoms. The predicted molar refractivity (Wildman–Crippen MR) is 146 cm³/mol. The quantitative estimate of drug-likeness (QED) is 0.277. The molecule has 0 aliphatic carbocycles. The first kappa shape index (κ1) is 31.8. The van der Waals surface area contributed by atoms with Gasteiger partial charge in [0, 0.05) is 18.4 Å². The van der Waals surface area contributed by atoms with E-state index in [1.54, 1.807) is 29.9 Å². The monoisotopic (exact) mass is 530 g/mol. The van der Waals surface area contributed by atoms with Gasteiger partial charge < -0.3 is 0 Å². The van der Waals surface area contributed by atoms with E-state index in [0.717, 1.165) is 5.56 Å². The van der Waals surface area contributed by atoms with Crippen LogP contribution in [0.3, 0.4) is 0 Å². The molecule has 0 unspecified atom stereocenters. The van der Waals surface area contributed by atoms with E-state index in [-0.39, 0.29) is 43.0 Å². The van der Waals surface area contributed by atoms with E-state index in [2.05, 4.69) is 10.4 Å². The second-order valence-corrected chi connectivity index (χ2v) is 9.74. The van der Waals surface area contributed by atoms with E-state index < -0.39 is 23.7 Å². The van der Waals surface area contributed by atoms with Crippen LogP contribution in [0.2, 0.25) is 0 Å². The molecule has 0 radical (unpaired) electrons. The standard InChI is InChI=1S/C28H38N4O4.ClH/c1-20(2)17-25(24(28(35)31-36)15-10-13-22-11-6-5-7-12-22)27(34)30-32(19-21(3)4)26(33)18-23-14-8-9-16-29-23;/h5-14,16,20-21,24-25,36H,15,17-19H2,1-4H3,(H,30,34)(H,31,35);1H/t24-,25+;/m0./s1. The number of rotatable bonds is 12. The molecular weight excluding hydrogens is 492 g/mol. The molecule has 1 heterocycles. The minimum Gasteiger partial charge on any atom is -0.289 e. The molecule has 0 saturated heterocycles. The van der Waals surface area contributed by atoms with Gasteiger partial charge in [0.05, 0.1) is 18.3 Å². The van der Waals surface area contributed by atoms with Crippen LogP contribution in [-0.4, -0.2) is 39.5 Å². The maximum Gasteiger partial charge on any atom is 0.247 e. The molecule has 2 rings (SSSR count). The SMILES string of the molecule is CC(C)C[C@@H](C(=O)NN(CC(C)C)C(=O)Cc1ccccn1)[C@H](CC=Cc1ccccc1)C(=O)NO.Cl. The van der Waals surface area contributed by atoms with Crippen molar-refractivity contribution in [2.24, 2.45) is 23.7 Å². The maximum absolute atomic E-state index is 13.5. The summed E-state index contributed by atoms with van der Waals surface area (Å²) >= 11 is 0. The highest BCUT2D eigenvalue weighted by atomic mass is 35.5. The van der Waals surface area contributed by atoms with Crippen molar-refractivity contribution < 1.29 is 19.6 Å². The van der Waals surface area contributed by atoms with Crippen molar-refractivity contribution in [1.82, 2.24) is 20.9 Å². The summed E-state index contributed by atoms with van der Waals surface area (Å²) in [5.74, 6) is -2.71. The molecule has 0 bridgehead atoms. The van der Waals surface area contributed by atoms with Crippen molar-refractivity contribution in [3.63, 3.8) is 0 Å². The zero-order chi connectivity index (χ0) is 26.5. The van der Waals surface area contributed by atoms with Gasteiger partial charge in [-0.1, -0.05) is 76.2 Å². The summed E-state index contributed by atoms with van der Waals surface area (Å²) in [7, 11) is 0. The zero-order valence-electron chi connectivity index (χ0n) is 22.0. The summed E-state index contributed by atoms with van der Waals surface area (Å²) in [6, 6.07) is 15.0. The lowest BCUT2D eigenvalue weighted by Gasteiger charge is -2.30. The molecule has 0 aliphatic heterocycles. The average molecular weight is 531 g/mol. The van der Waals surface area contributed by atoms with Crippen LogP contribution in [-0.2, 0) is 20.8 Å². The van der Waals surface area contributed by atoms with Crippen LogP contribution in [0.1, 0.15) is 51.8 Å². The van der Waals surface area contributed by atoms with Crippen LogP contribution in [0.4, 0.5) is 0 Å². The first-order valence-corrected chi connectivity index (χ1v) is 12.4. The van der Waals surface area contributed by atoms with E-state index in [9.17, 15) is 19.6 Å². The van der Waals surface area contributed by atoms with Gasteiger partial charge in [-0.25, -0.2) is 5.48 Å². The van der Waals surface area contributed by atoms with Crippen LogP contribution >= 0.6 is 12.4 Å². The van der Waals surface area contributed by atoms with Gasteiger partial charge in [-0.05, 0) is 42.4 Å². The highest BCUT2D eigenvalue weighted by molar-refractivity contribution is 5.89. The van der Waals surface area contributed by atoms with Crippen molar-refractivity contribution in [2.45, 2.75) is 47.0 Å². The lowest BCUT2D eigenvalue weighted by molar-refractivity contribution is -0.147. The molecule has 1 aromatic carbocycles. The van der Waals surface area contributed by atoms with E-state index in [1.165, 1.54) is 5.01 Å². The van der Waals surface area contributed by atoms with Gasteiger partial charge in [0.2, 0.25) is 17.7 Å². The topological polar surface area (TPSA) is 112 Å². The lowest BCUT2D eigenvalue weighted by atomic mass is 9.82. The highest BCUT2D eigenvalue weighted by Crippen LogP contribution is 2.26. The van der Waals surface area contributed by atoms with Crippen molar-refractivity contribution in [3.8, 4) is 0 Å². The molecule has 37 heavy (non-hydrogen) atoms. The van der Waals surface area contributed by atoms with E-state index >= 15 is 0 Å². The Balaban J connectivity index is 0.00000684. The third-order valence-electron chi connectivity index (χ3n) is 5.65. The van der Waals surface area contributed by atoms with Crippen molar-refractivity contribution >= 4 is 36.2 Å². The van der Waals surface area contributed by atoms with Crippen LogP contribution in [0.15, 0.2) is 60.8 Å². The number of nitrogens with zero attached hydrogens (tertiary/aromatic N) is 2. The fourth-order valence-corrected chi connectivity index (χ4v) is 3.96. The van der Waals surface area contributed by atoms with Gasteiger partial charge in [0.1, 0.15) is 0 Å². The number of nitrogens with one attached hydrogen (secondary N) is 2. The van der Waals surface area contributed by atoms with Gasteiger partial charge in [0.15, 0.2) is 0 Å². The predicted octanol–water partition coefficient (Wildman–Crippen LogP) is 4.45. The number of hydrogen-bond acceptors (Lipinski definition) is 5. The van der Waals surface area contributed by atoms with Crippen molar-refractivity contribution in [1.29, 1.82) is 0 Å². The Morgan fingerprint density at radius 3 is 2.19 bits per heavy atom. The molecule has 0 spiro atoms. The Kier molecular flexibility index (Phi) is 14.2. The normalized spacial score (nSPS) is 12.6. The number of carbonyl (C=O) groups excluding carboxylic acids is 3. The minimum absolute atomic E-state index is 0. The second kappa shape index (κ2) is 16.5. The Labute approximate surface area is 225 Å². The van der Waals surface area contributed by atoms with E-state index in [4.69, 9.17) is 0 Å². The molecule has 8 nitrogen and oxygen atoms in total. The Hall–Kier alpha value is -3.23. The molecule has 0 saturated carbocycles. The number of hydroxylamine groups is 1. The number of hydrazine groups is 1. The van der Waals surface area contributed by atoms with Crippen LogP contribution in [0, 0.1) is 23.7 Å². The number of carbonyl (C=O) groups is 3. The first-order valence-electron chi connectivity index (χ1n) is 12.4. The van der Waals surface area contributed by atoms with E-state index in [1.807, 2.05) is 70.2 Å². The minimum atomic E-state index is -0.816. The van der Waals surface area contributed by atoms with Gasteiger partial charge in [-0.2, -0.15) is 0 Å². The Morgan fingerprint density at radius 2 is 1.62 bits per heavy atom. The third kappa shape index (κ3) is 11.1. The molecule has 1 aromatic heterocycles. The molecule has 2 aromatic rings. The second-order valence-electron chi connectivity index (χ2n) is 9.74. The maximum atomic E-state index is 13.5. The highest BCUT2D eigenvalue weighted by Gasteiger charge is 2.35. The molecule has 3 N–H and O–H groups in total. The van der Waals surface area contributed by atoms with E-state index in [0.29, 0.717) is 18.7 Å². The Bertz CT molecular complexity index is 1000. The van der Waals surface area contributed by atoms with Crippen LogP contribution in [0.25, 0.3) is 6.08 Å². The molecule has 202 valence electrons. The Morgan fingerprint density at radius 1 is 0.946 bits per heavy atom. The van der Waals surface area contributed by atoms with Crippen molar-refractivity contribution in [3.05, 3.63) is 72.1 Å². The third-order valence-corrected chi connectivity index (χ3v) is 5.65. The molecule has 0 aliphatic rings. The zero-order valence-corrected chi connectivity index (χ0v) is 22.8. The summed E-state index contributed by atoms with van der Waals surface area (Å²) in [6.07, 6.45) is 6.03. The molecule has 3 amide bonds. The summed E-state index contributed by atoms with van der Waals surface area (Å²) in [6.45, 7) is 8.15. The number of amides is 3. The largest absolute Gasteiger partial charge is 0.289 e. The van der Waals surface area contributed by atoms with Gasteiger partial charge in [0.25, 0.3) is 0 Å². The fraction of sp³-hybridized carbons (Fsp3) is 0.429. The van der Waals surface area contributed by atoms with Crippen molar-refractivity contribution in [2.75, 3.05) is 6.54 Å². The van der Waals surface area contributed by atoms with Gasteiger partial charge in [-0.15, -0.1) is 12.4 Å². The summed E-state index contributed by atoms with van der Waals surface area (Å²) in [5, 5.41) is 10.7. The number of hydrogen-bond donors (Lipinski definition) is 3. The van der Waals surface area contributed by atoms with Gasteiger partial charge in [-0.3, -0.25) is 35.0 Å². The smallest absolute Gasteiger partial charge is 0.247 e. The fourth-order valence-electron chi connectivity index (χ4n) is 3.96. The van der Waals surface area contributed by atoms with Gasteiger partial charge >= 0.3 is 0 Å². The number of pyridine rings is 1. The molecular formula is C28H39ClN4O4. The summed E-state index contributed by atoms with van der Waals surface area (Å²) < 4.78 is 0. The summed E-state index contributed by atoms with van der Waals surface area (Å²) in [5.41, 5.74) is 6.07. The molecule has 0 fully saturated rings. The number of halogens is 1. The number of allylic oxidation sites excluding steroid dienone is 1. The number of benzene rings is 1. The molecule has 2 atom stereocenters.